The molecule has 3 heterocycles. The number of hydrogen-bond donors (Lipinski definition) is 0. The first kappa shape index (κ1) is 13.6. The molecule has 4 heteroatoms. The van der Waals surface area contributed by atoms with Crippen LogP contribution >= 0.6 is 11.3 Å². The smallest absolute Gasteiger partial charge is 0.0813 e. The Hall–Kier alpha value is -0.420. The van der Waals surface area contributed by atoms with Crippen LogP contribution in [0.1, 0.15) is 31.1 Å². The van der Waals surface area contributed by atoms with Gasteiger partial charge in [-0.25, -0.2) is 0 Å². The van der Waals surface area contributed by atoms with Crippen molar-refractivity contribution >= 4 is 11.3 Å². The average Bonchev–Trinajstić information content (AvgIpc) is 3.07. The van der Waals surface area contributed by atoms with Crippen molar-refractivity contribution in [2.75, 3.05) is 19.8 Å². The van der Waals surface area contributed by atoms with Crippen LogP contribution in [0.4, 0.5) is 0 Å². The van der Waals surface area contributed by atoms with Crippen LogP contribution in [-0.2, 0) is 16.0 Å². The molecule has 0 bridgehead atoms. The Morgan fingerprint density at radius 2 is 2.37 bits per heavy atom. The van der Waals surface area contributed by atoms with Gasteiger partial charge in [0.25, 0.3) is 0 Å². The second-order valence-electron chi connectivity index (χ2n) is 5.44. The van der Waals surface area contributed by atoms with E-state index in [1.165, 1.54) is 24.3 Å². The molecule has 106 valence electrons. The van der Waals surface area contributed by atoms with Gasteiger partial charge in [0.15, 0.2) is 0 Å². The predicted octanol–water partition coefficient (Wildman–Crippen LogP) is 2.91. The van der Waals surface area contributed by atoms with Crippen molar-refractivity contribution in [3.63, 3.8) is 0 Å². The maximum atomic E-state index is 6.20. The van der Waals surface area contributed by atoms with Gasteiger partial charge >= 0.3 is 0 Å². The van der Waals surface area contributed by atoms with Crippen LogP contribution in [-0.4, -0.2) is 42.9 Å². The van der Waals surface area contributed by atoms with Gasteiger partial charge in [0.2, 0.25) is 0 Å². The Morgan fingerprint density at radius 3 is 3.16 bits per heavy atom. The zero-order chi connectivity index (χ0) is 13.1. The maximum absolute atomic E-state index is 6.20. The van der Waals surface area contributed by atoms with E-state index in [-0.39, 0.29) is 0 Å². The third-order valence-electron chi connectivity index (χ3n) is 4.20. The molecule has 1 aromatic rings. The fourth-order valence-electron chi connectivity index (χ4n) is 3.26. The third-order valence-corrected chi connectivity index (χ3v) is 5.06. The molecule has 0 radical (unpaired) electrons. The molecule has 3 rings (SSSR count). The summed E-state index contributed by atoms with van der Waals surface area (Å²) in [5.74, 6) is 0. The fraction of sp³-hybridized carbons (Fsp3) is 0.733. The van der Waals surface area contributed by atoms with Crippen molar-refractivity contribution in [1.82, 2.24) is 4.90 Å². The minimum Gasteiger partial charge on any atom is -0.379 e. The highest BCUT2D eigenvalue weighted by molar-refractivity contribution is 7.09. The summed E-state index contributed by atoms with van der Waals surface area (Å²) in [6, 6.07) is 5.00. The summed E-state index contributed by atoms with van der Waals surface area (Å²) in [5, 5.41) is 2.17. The van der Waals surface area contributed by atoms with Gasteiger partial charge in [-0.3, -0.25) is 4.90 Å². The van der Waals surface area contributed by atoms with Crippen LogP contribution in [0.25, 0.3) is 0 Å². The van der Waals surface area contributed by atoms with E-state index < -0.39 is 0 Å². The molecule has 0 amide bonds. The highest BCUT2D eigenvalue weighted by atomic mass is 32.1. The first-order valence-electron chi connectivity index (χ1n) is 7.36. The third kappa shape index (κ3) is 3.19. The van der Waals surface area contributed by atoms with Crippen LogP contribution in [0.3, 0.4) is 0 Å². The topological polar surface area (TPSA) is 21.7 Å². The van der Waals surface area contributed by atoms with Crippen molar-refractivity contribution < 1.29 is 9.47 Å². The maximum Gasteiger partial charge on any atom is 0.0813 e. The van der Waals surface area contributed by atoms with E-state index >= 15 is 0 Å². The quantitative estimate of drug-likeness (QED) is 0.828. The minimum absolute atomic E-state index is 0.322. The second-order valence-corrected chi connectivity index (χ2v) is 6.47. The molecule has 2 aliphatic rings. The minimum atomic E-state index is 0.322. The van der Waals surface area contributed by atoms with Crippen molar-refractivity contribution in [3.8, 4) is 0 Å². The lowest BCUT2D eigenvalue weighted by Gasteiger charge is -2.35. The summed E-state index contributed by atoms with van der Waals surface area (Å²) in [6.45, 7) is 5.87. The normalized spacial score (nSPS) is 31.5. The van der Waals surface area contributed by atoms with E-state index in [2.05, 4.69) is 22.4 Å². The number of hydrogen-bond acceptors (Lipinski definition) is 4. The summed E-state index contributed by atoms with van der Waals surface area (Å²) >= 11 is 1.86. The molecular weight excluding hydrogens is 258 g/mol. The van der Waals surface area contributed by atoms with Crippen LogP contribution in [0.5, 0.6) is 0 Å². The van der Waals surface area contributed by atoms with Gasteiger partial charge < -0.3 is 9.47 Å². The lowest BCUT2D eigenvalue weighted by Crippen LogP contribution is -2.43. The summed E-state index contributed by atoms with van der Waals surface area (Å²) in [5.41, 5.74) is 0. The molecule has 2 saturated heterocycles. The zero-order valence-corrected chi connectivity index (χ0v) is 12.4. The summed E-state index contributed by atoms with van der Waals surface area (Å²) in [4.78, 5) is 4.07. The molecule has 2 fully saturated rings. The van der Waals surface area contributed by atoms with Gasteiger partial charge in [0, 0.05) is 30.6 Å². The van der Waals surface area contributed by atoms with Gasteiger partial charge in [0.1, 0.15) is 0 Å². The van der Waals surface area contributed by atoms with E-state index in [1.54, 1.807) is 0 Å². The van der Waals surface area contributed by atoms with Crippen LogP contribution in [0.2, 0.25) is 0 Å². The average molecular weight is 281 g/mol. The Kier molecular flexibility index (Phi) is 4.53. The zero-order valence-electron chi connectivity index (χ0n) is 11.6. The van der Waals surface area contributed by atoms with Gasteiger partial charge in [-0.15, -0.1) is 11.3 Å². The molecule has 3 nitrogen and oxygen atoms in total. The molecule has 0 saturated carbocycles. The predicted molar refractivity (Wildman–Crippen MR) is 77.5 cm³/mol. The molecule has 0 aromatic carbocycles. The Labute approximate surface area is 119 Å². The second kappa shape index (κ2) is 6.35. The van der Waals surface area contributed by atoms with E-state index in [9.17, 15) is 0 Å². The summed E-state index contributed by atoms with van der Waals surface area (Å²) < 4.78 is 11.7. The molecule has 0 spiro atoms. The largest absolute Gasteiger partial charge is 0.379 e. The van der Waals surface area contributed by atoms with Gasteiger partial charge in [-0.2, -0.15) is 0 Å². The van der Waals surface area contributed by atoms with E-state index in [0.717, 1.165) is 26.2 Å². The number of likely N-dealkylation sites (tertiary alicyclic amines) is 1. The number of fused-ring (bicyclic) bond motifs is 1. The summed E-state index contributed by atoms with van der Waals surface area (Å²) in [7, 11) is 0. The van der Waals surface area contributed by atoms with Crippen molar-refractivity contribution in [3.05, 3.63) is 22.4 Å². The highest BCUT2D eigenvalue weighted by Crippen LogP contribution is 2.33. The number of nitrogens with zero attached hydrogens (tertiary/aromatic N) is 1. The molecule has 0 unspecified atom stereocenters. The van der Waals surface area contributed by atoms with E-state index in [0.29, 0.717) is 18.2 Å². The lowest BCUT2D eigenvalue weighted by molar-refractivity contribution is -0.0985. The first-order chi connectivity index (χ1) is 9.36. The Morgan fingerprint density at radius 1 is 1.42 bits per heavy atom. The lowest BCUT2D eigenvalue weighted by atomic mass is 9.99. The van der Waals surface area contributed by atoms with Crippen LogP contribution < -0.4 is 0 Å². The van der Waals surface area contributed by atoms with Crippen molar-refractivity contribution in [2.45, 2.75) is 51.0 Å². The first-order valence-corrected chi connectivity index (χ1v) is 8.24. The van der Waals surface area contributed by atoms with Gasteiger partial charge in [-0.05, 0) is 37.6 Å². The molecule has 1 aromatic heterocycles. The SMILES string of the molecule is CCOC[C@H]1CC[C@H]2[C@H](CCN2Cc2cccs2)O1. The Balaban J connectivity index is 1.53. The molecule has 0 aliphatic carbocycles. The molecule has 19 heavy (non-hydrogen) atoms. The number of rotatable bonds is 5. The molecular formula is C15H23NO2S. The number of ether oxygens (including phenoxy) is 2. The molecule has 2 aliphatic heterocycles. The monoisotopic (exact) mass is 281 g/mol. The van der Waals surface area contributed by atoms with E-state index in [1.807, 2.05) is 18.3 Å². The van der Waals surface area contributed by atoms with E-state index in [4.69, 9.17) is 9.47 Å². The highest BCUT2D eigenvalue weighted by Gasteiger charge is 2.39. The summed E-state index contributed by atoms with van der Waals surface area (Å²) in [6.07, 6.45) is 4.33. The van der Waals surface area contributed by atoms with Gasteiger partial charge in [0.05, 0.1) is 18.8 Å². The fourth-order valence-corrected chi connectivity index (χ4v) is 3.99. The standard InChI is InChI=1S/C15H23NO2S/c1-2-17-11-12-5-6-14-15(18-12)7-8-16(14)10-13-4-3-9-19-13/h3-4,9,12,14-15H,2,5-8,10-11H2,1H3/t12-,14+,15+/m1/s1. The van der Waals surface area contributed by atoms with Crippen molar-refractivity contribution in [1.29, 1.82) is 0 Å². The molecule has 3 atom stereocenters. The van der Waals surface area contributed by atoms with Crippen molar-refractivity contribution in [2.24, 2.45) is 0 Å². The number of thiophene rings is 1. The van der Waals surface area contributed by atoms with Gasteiger partial charge in [-0.1, -0.05) is 6.07 Å². The Bertz CT molecular complexity index is 382. The molecule has 0 N–H and O–H groups in total. The van der Waals surface area contributed by atoms with Crippen LogP contribution in [0, 0.1) is 0 Å². The van der Waals surface area contributed by atoms with Crippen LogP contribution in [0.15, 0.2) is 17.5 Å².